The van der Waals surface area contributed by atoms with E-state index in [1.54, 1.807) is 24.4 Å². The van der Waals surface area contributed by atoms with E-state index in [2.05, 4.69) is 22.2 Å². The second kappa shape index (κ2) is 6.14. The van der Waals surface area contributed by atoms with Gasteiger partial charge < -0.3 is 5.32 Å². The predicted octanol–water partition coefficient (Wildman–Crippen LogP) is 3.56. The minimum atomic E-state index is 0.582. The SMILES string of the molecule is CCNCc1ccnc(-c2cc(Cl)cc(Cl)c2)n1. The molecule has 0 aliphatic carbocycles. The van der Waals surface area contributed by atoms with Crippen LogP contribution in [0.2, 0.25) is 10.0 Å². The van der Waals surface area contributed by atoms with Crippen LogP contribution in [0.3, 0.4) is 0 Å². The third-order valence-electron chi connectivity index (χ3n) is 2.39. The summed E-state index contributed by atoms with van der Waals surface area (Å²) in [5, 5.41) is 4.39. The van der Waals surface area contributed by atoms with Crippen LogP contribution < -0.4 is 5.32 Å². The first-order valence-electron chi connectivity index (χ1n) is 5.68. The maximum atomic E-state index is 5.97. The molecule has 0 amide bonds. The summed E-state index contributed by atoms with van der Waals surface area (Å²) in [6.45, 7) is 3.68. The fourth-order valence-electron chi connectivity index (χ4n) is 1.57. The lowest BCUT2D eigenvalue weighted by atomic mass is 10.2. The van der Waals surface area contributed by atoms with Crippen molar-refractivity contribution in [3.05, 3.63) is 46.2 Å². The molecule has 0 fully saturated rings. The van der Waals surface area contributed by atoms with Gasteiger partial charge in [0.1, 0.15) is 0 Å². The zero-order valence-corrected chi connectivity index (χ0v) is 11.5. The summed E-state index contributed by atoms with van der Waals surface area (Å²) in [4.78, 5) is 8.72. The van der Waals surface area contributed by atoms with Crippen molar-refractivity contribution >= 4 is 23.2 Å². The zero-order chi connectivity index (χ0) is 13.0. The van der Waals surface area contributed by atoms with Gasteiger partial charge >= 0.3 is 0 Å². The number of nitrogens with zero attached hydrogens (tertiary/aromatic N) is 2. The Morgan fingerprint density at radius 1 is 1.17 bits per heavy atom. The lowest BCUT2D eigenvalue weighted by Gasteiger charge is -2.05. The average molecular weight is 282 g/mol. The molecule has 0 aliphatic heterocycles. The molecule has 1 aromatic carbocycles. The maximum Gasteiger partial charge on any atom is 0.159 e. The highest BCUT2D eigenvalue weighted by Crippen LogP contribution is 2.24. The van der Waals surface area contributed by atoms with E-state index in [9.17, 15) is 0 Å². The first-order chi connectivity index (χ1) is 8.69. The van der Waals surface area contributed by atoms with Crippen molar-refractivity contribution < 1.29 is 0 Å². The topological polar surface area (TPSA) is 37.8 Å². The highest BCUT2D eigenvalue weighted by Gasteiger charge is 2.05. The van der Waals surface area contributed by atoms with E-state index >= 15 is 0 Å². The van der Waals surface area contributed by atoms with Gasteiger partial charge in [-0.25, -0.2) is 9.97 Å². The van der Waals surface area contributed by atoms with Crippen LogP contribution in [0, 0.1) is 0 Å². The molecule has 2 rings (SSSR count). The van der Waals surface area contributed by atoms with E-state index in [1.165, 1.54) is 0 Å². The molecule has 0 bridgehead atoms. The van der Waals surface area contributed by atoms with E-state index in [-0.39, 0.29) is 0 Å². The summed E-state index contributed by atoms with van der Waals surface area (Å²) in [7, 11) is 0. The Balaban J connectivity index is 2.32. The van der Waals surface area contributed by atoms with Gasteiger partial charge in [-0.15, -0.1) is 0 Å². The summed E-state index contributed by atoms with van der Waals surface area (Å²) >= 11 is 11.9. The van der Waals surface area contributed by atoms with E-state index in [0.717, 1.165) is 24.3 Å². The summed E-state index contributed by atoms with van der Waals surface area (Å²) in [5.41, 5.74) is 1.77. The Labute approximate surface area is 116 Å². The van der Waals surface area contributed by atoms with Gasteiger partial charge in [-0.2, -0.15) is 0 Å². The summed E-state index contributed by atoms with van der Waals surface area (Å²) in [5.74, 6) is 0.634. The fraction of sp³-hybridized carbons (Fsp3) is 0.231. The normalized spacial score (nSPS) is 10.6. The van der Waals surface area contributed by atoms with Crippen LogP contribution in [0.5, 0.6) is 0 Å². The first-order valence-corrected chi connectivity index (χ1v) is 6.43. The highest BCUT2D eigenvalue weighted by molar-refractivity contribution is 6.35. The Kier molecular flexibility index (Phi) is 4.53. The van der Waals surface area contributed by atoms with Gasteiger partial charge in [-0.1, -0.05) is 30.1 Å². The molecule has 0 saturated heterocycles. The zero-order valence-electron chi connectivity index (χ0n) is 9.95. The van der Waals surface area contributed by atoms with Crippen molar-refractivity contribution in [1.29, 1.82) is 0 Å². The van der Waals surface area contributed by atoms with Crippen molar-refractivity contribution in [2.75, 3.05) is 6.54 Å². The number of aromatic nitrogens is 2. The minimum Gasteiger partial charge on any atom is -0.311 e. The van der Waals surface area contributed by atoms with Crippen LogP contribution in [0.25, 0.3) is 11.4 Å². The molecule has 1 aromatic heterocycles. The van der Waals surface area contributed by atoms with Crippen LogP contribution in [0.15, 0.2) is 30.5 Å². The third kappa shape index (κ3) is 3.42. The van der Waals surface area contributed by atoms with E-state index in [0.29, 0.717) is 15.9 Å². The van der Waals surface area contributed by atoms with Crippen LogP contribution >= 0.6 is 23.2 Å². The number of nitrogens with one attached hydrogen (secondary N) is 1. The molecule has 0 radical (unpaired) electrons. The molecule has 2 aromatic rings. The van der Waals surface area contributed by atoms with Gasteiger partial charge in [-0.05, 0) is 30.8 Å². The molecule has 0 saturated carbocycles. The standard InChI is InChI=1S/C13H13Cl2N3/c1-2-16-8-12-3-4-17-13(18-12)9-5-10(14)7-11(15)6-9/h3-7,16H,2,8H2,1H3. The Bertz CT molecular complexity index is 523. The molecule has 0 aliphatic rings. The highest BCUT2D eigenvalue weighted by atomic mass is 35.5. The first kappa shape index (κ1) is 13.3. The fourth-order valence-corrected chi connectivity index (χ4v) is 2.10. The summed E-state index contributed by atoms with van der Waals surface area (Å²) in [6.07, 6.45) is 1.74. The van der Waals surface area contributed by atoms with Crippen molar-refractivity contribution in [2.45, 2.75) is 13.5 Å². The van der Waals surface area contributed by atoms with E-state index in [4.69, 9.17) is 23.2 Å². The van der Waals surface area contributed by atoms with Crippen LogP contribution in [-0.4, -0.2) is 16.5 Å². The number of hydrogen-bond donors (Lipinski definition) is 1. The molecule has 1 heterocycles. The van der Waals surface area contributed by atoms with Crippen molar-refractivity contribution in [1.82, 2.24) is 15.3 Å². The van der Waals surface area contributed by atoms with Gasteiger partial charge in [-0.3, -0.25) is 0 Å². The quantitative estimate of drug-likeness (QED) is 0.931. The molecular weight excluding hydrogens is 269 g/mol. The maximum absolute atomic E-state index is 5.97. The smallest absolute Gasteiger partial charge is 0.159 e. The molecular formula is C13H13Cl2N3. The van der Waals surface area contributed by atoms with Crippen molar-refractivity contribution in [3.8, 4) is 11.4 Å². The monoisotopic (exact) mass is 281 g/mol. The second-order valence-corrected chi connectivity index (χ2v) is 4.68. The predicted molar refractivity (Wildman–Crippen MR) is 74.9 cm³/mol. The van der Waals surface area contributed by atoms with Gasteiger partial charge in [0.2, 0.25) is 0 Å². The van der Waals surface area contributed by atoms with Crippen LogP contribution in [0.1, 0.15) is 12.6 Å². The van der Waals surface area contributed by atoms with Gasteiger partial charge in [0.05, 0.1) is 5.69 Å². The molecule has 0 spiro atoms. The minimum absolute atomic E-state index is 0.582. The average Bonchev–Trinajstić information content (AvgIpc) is 2.35. The number of rotatable bonds is 4. The molecule has 18 heavy (non-hydrogen) atoms. The molecule has 94 valence electrons. The van der Waals surface area contributed by atoms with Crippen LogP contribution in [0.4, 0.5) is 0 Å². The van der Waals surface area contributed by atoms with Crippen molar-refractivity contribution in [2.24, 2.45) is 0 Å². The third-order valence-corrected chi connectivity index (χ3v) is 2.83. The van der Waals surface area contributed by atoms with Crippen molar-refractivity contribution in [3.63, 3.8) is 0 Å². The van der Waals surface area contributed by atoms with Crippen LogP contribution in [-0.2, 0) is 6.54 Å². The van der Waals surface area contributed by atoms with E-state index < -0.39 is 0 Å². The number of halogens is 2. The summed E-state index contributed by atoms with van der Waals surface area (Å²) in [6, 6.07) is 7.19. The number of benzene rings is 1. The second-order valence-electron chi connectivity index (χ2n) is 3.81. The van der Waals surface area contributed by atoms with E-state index in [1.807, 2.05) is 6.07 Å². The molecule has 1 N–H and O–H groups in total. The lowest BCUT2D eigenvalue weighted by molar-refractivity contribution is 0.709. The Morgan fingerprint density at radius 2 is 1.89 bits per heavy atom. The Morgan fingerprint density at radius 3 is 2.56 bits per heavy atom. The lowest BCUT2D eigenvalue weighted by Crippen LogP contribution is -2.13. The van der Waals surface area contributed by atoms with Gasteiger partial charge in [0.25, 0.3) is 0 Å². The largest absolute Gasteiger partial charge is 0.311 e. The Hall–Kier alpha value is -1.16. The molecule has 5 heteroatoms. The summed E-state index contributed by atoms with van der Waals surface area (Å²) < 4.78 is 0. The molecule has 0 atom stereocenters. The number of hydrogen-bond acceptors (Lipinski definition) is 3. The molecule has 3 nitrogen and oxygen atoms in total. The molecule has 0 unspecified atom stereocenters. The van der Waals surface area contributed by atoms with Gasteiger partial charge in [0, 0.05) is 28.4 Å². The van der Waals surface area contributed by atoms with Gasteiger partial charge in [0.15, 0.2) is 5.82 Å².